The summed E-state index contributed by atoms with van der Waals surface area (Å²) in [7, 11) is -3.68. The Balaban J connectivity index is 1.91. The highest BCUT2D eigenvalue weighted by Gasteiger charge is 2.42. The number of likely N-dealkylation sites (tertiary alicyclic amines) is 1. The molecule has 0 bridgehead atoms. The summed E-state index contributed by atoms with van der Waals surface area (Å²) in [4.78, 5) is 14.4. The number of nitrogens with zero attached hydrogens (tertiary/aromatic N) is 1. The predicted octanol–water partition coefficient (Wildman–Crippen LogP) is 3.50. The molecule has 2 N–H and O–H groups in total. The molecule has 2 rings (SSSR count). The Morgan fingerprint density at radius 3 is 2.43 bits per heavy atom. The third kappa shape index (κ3) is 6.25. The van der Waals surface area contributed by atoms with Gasteiger partial charge in [-0.1, -0.05) is 11.8 Å². The monoisotopic (exact) mass is 406 g/mol. The minimum atomic E-state index is -3.68. The molecule has 0 saturated carbocycles. The van der Waals surface area contributed by atoms with Crippen LogP contribution in [-0.2, 0) is 14.8 Å². The molecule has 1 aliphatic rings. The van der Waals surface area contributed by atoms with E-state index < -0.39 is 15.6 Å². The van der Waals surface area contributed by atoms with Crippen molar-refractivity contribution in [1.29, 1.82) is 0 Å². The maximum atomic E-state index is 12.5. The van der Waals surface area contributed by atoms with Crippen LogP contribution in [0.1, 0.15) is 59.4 Å². The number of benzene rings is 1. The molecule has 1 heterocycles. The maximum absolute atomic E-state index is 12.5. The molecule has 6 nitrogen and oxygen atoms in total. The molecule has 1 aromatic carbocycles. The van der Waals surface area contributed by atoms with E-state index in [9.17, 15) is 13.2 Å². The van der Waals surface area contributed by atoms with E-state index in [1.165, 1.54) is 12.1 Å². The molecule has 7 heteroatoms. The van der Waals surface area contributed by atoms with Crippen molar-refractivity contribution in [3.05, 3.63) is 29.8 Å². The number of nitrogens with two attached hydrogens (primary N) is 1. The third-order valence-electron chi connectivity index (χ3n) is 4.67. The van der Waals surface area contributed by atoms with Gasteiger partial charge in [-0.3, -0.25) is 0 Å². The molecule has 0 aromatic heterocycles. The van der Waals surface area contributed by atoms with Gasteiger partial charge in [0.05, 0.1) is 4.90 Å². The van der Waals surface area contributed by atoms with Crippen molar-refractivity contribution >= 4 is 16.1 Å². The Morgan fingerprint density at radius 1 is 1.29 bits per heavy atom. The van der Waals surface area contributed by atoms with Crippen LogP contribution in [0.4, 0.5) is 4.79 Å². The van der Waals surface area contributed by atoms with Gasteiger partial charge in [0.25, 0.3) is 0 Å². The summed E-state index contributed by atoms with van der Waals surface area (Å²) in [5, 5.41) is 5.09. The predicted molar refractivity (Wildman–Crippen MR) is 109 cm³/mol. The fraction of sp³-hybridized carbons (Fsp3) is 0.571. The molecular weight excluding hydrogens is 376 g/mol. The van der Waals surface area contributed by atoms with Gasteiger partial charge in [-0.25, -0.2) is 18.4 Å². The van der Waals surface area contributed by atoms with Crippen molar-refractivity contribution in [1.82, 2.24) is 4.90 Å². The van der Waals surface area contributed by atoms with Crippen LogP contribution in [0.25, 0.3) is 0 Å². The lowest BCUT2D eigenvalue weighted by molar-refractivity contribution is 0.0131. The summed E-state index contributed by atoms with van der Waals surface area (Å²) < 4.78 is 28.0. The van der Waals surface area contributed by atoms with E-state index in [-0.39, 0.29) is 16.5 Å². The van der Waals surface area contributed by atoms with E-state index in [2.05, 4.69) is 25.7 Å². The highest BCUT2D eigenvalue weighted by Crippen LogP contribution is 2.35. The normalized spacial score (nSPS) is 19.1. The zero-order chi connectivity index (χ0) is 21.2. The number of carbonyl (C=O) groups is 1. The first-order valence-electron chi connectivity index (χ1n) is 9.40. The second-order valence-corrected chi connectivity index (χ2v) is 10.4. The topological polar surface area (TPSA) is 89.7 Å². The number of primary sulfonamides is 1. The largest absolute Gasteiger partial charge is 0.444 e. The number of ether oxygens (including phenoxy) is 1. The summed E-state index contributed by atoms with van der Waals surface area (Å²) >= 11 is 0. The molecule has 0 radical (unpaired) electrons. The van der Waals surface area contributed by atoms with Gasteiger partial charge in [-0.15, -0.1) is 0 Å². The van der Waals surface area contributed by atoms with E-state index >= 15 is 0 Å². The lowest BCUT2D eigenvalue weighted by Gasteiger charge is -2.33. The first-order chi connectivity index (χ1) is 12.8. The number of hydrogen-bond acceptors (Lipinski definition) is 4. The maximum Gasteiger partial charge on any atom is 0.410 e. The fourth-order valence-corrected chi connectivity index (χ4v) is 3.90. The van der Waals surface area contributed by atoms with Gasteiger partial charge < -0.3 is 9.64 Å². The van der Waals surface area contributed by atoms with Crippen molar-refractivity contribution in [3.8, 4) is 11.8 Å². The minimum Gasteiger partial charge on any atom is -0.444 e. The summed E-state index contributed by atoms with van der Waals surface area (Å²) in [5.41, 5.74) is 0.00831. The molecule has 28 heavy (non-hydrogen) atoms. The number of hydrogen-bond donors (Lipinski definition) is 1. The second kappa shape index (κ2) is 8.14. The molecule has 1 aliphatic heterocycles. The third-order valence-corrected chi connectivity index (χ3v) is 5.60. The van der Waals surface area contributed by atoms with Gasteiger partial charge >= 0.3 is 6.09 Å². The molecule has 1 atom stereocenters. The Hall–Kier alpha value is -2.04. The van der Waals surface area contributed by atoms with E-state index in [1.54, 1.807) is 12.1 Å². The van der Waals surface area contributed by atoms with Crippen LogP contribution in [0.5, 0.6) is 0 Å². The molecule has 1 saturated heterocycles. The molecule has 1 aromatic rings. The lowest BCUT2D eigenvalue weighted by Crippen LogP contribution is -2.45. The zero-order valence-corrected chi connectivity index (χ0v) is 18.1. The van der Waals surface area contributed by atoms with Crippen LogP contribution in [0.15, 0.2) is 29.2 Å². The van der Waals surface area contributed by atoms with Gasteiger partial charge in [0.1, 0.15) is 5.60 Å². The standard InChI is InChI=1S/C21H30N2O4S/c1-20(2,3)27-19(24)23-15-17(14-21(23,4)5)9-7-6-8-16-10-12-18(13-11-16)28(22,25)26/h10-13,17H,7,9,14-15H2,1-5H3,(H2,22,25,26). The van der Waals surface area contributed by atoms with Crippen LogP contribution >= 0.6 is 0 Å². The van der Waals surface area contributed by atoms with Crippen molar-refractivity contribution < 1.29 is 17.9 Å². The molecule has 0 aliphatic carbocycles. The highest BCUT2D eigenvalue weighted by atomic mass is 32.2. The van der Waals surface area contributed by atoms with E-state index in [0.717, 1.165) is 18.4 Å². The van der Waals surface area contributed by atoms with E-state index in [1.807, 2.05) is 25.7 Å². The lowest BCUT2D eigenvalue weighted by atomic mass is 9.93. The van der Waals surface area contributed by atoms with E-state index in [0.29, 0.717) is 18.9 Å². The molecule has 1 unspecified atom stereocenters. The second-order valence-electron chi connectivity index (χ2n) is 8.88. The fourth-order valence-electron chi connectivity index (χ4n) is 3.39. The molecular formula is C21H30N2O4S. The summed E-state index contributed by atoms with van der Waals surface area (Å²) in [6.07, 6.45) is 2.25. The minimum absolute atomic E-state index is 0.0773. The van der Waals surface area contributed by atoms with Crippen molar-refractivity contribution in [2.24, 2.45) is 11.1 Å². The average molecular weight is 407 g/mol. The first kappa shape index (κ1) is 22.3. The summed E-state index contributed by atoms with van der Waals surface area (Å²) in [5.74, 6) is 6.55. The van der Waals surface area contributed by atoms with Crippen LogP contribution in [0, 0.1) is 17.8 Å². The average Bonchev–Trinajstić information content (AvgIpc) is 2.84. The van der Waals surface area contributed by atoms with E-state index in [4.69, 9.17) is 9.88 Å². The Bertz CT molecular complexity index is 872. The highest BCUT2D eigenvalue weighted by molar-refractivity contribution is 7.89. The number of carbonyl (C=O) groups excluding carboxylic acids is 1. The van der Waals surface area contributed by atoms with Crippen molar-refractivity contribution in [2.75, 3.05) is 6.54 Å². The van der Waals surface area contributed by atoms with Gasteiger partial charge in [-0.2, -0.15) is 0 Å². The van der Waals surface area contributed by atoms with Gasteiger partial charge in [0.2, 0.25) is 10.0 Å². The van der Waals surface area contributed by atoms with Crippen LogP contribution < -0.4 is 5.14 Å². The first-order valence-corrected chi connectivity index (χ1v) is 10.9. The smallest absolute Gasteiger partial charge is 0.410 e. The van der Waals surface area contributed by atoms with Gasteiger partial charge in [-0.05, 0) is 77.6 Å². The molecule has 1 fully saturated rings. The van der Waals surface area contributed by atoms with Gasteiger partial charge in [0, 0.05) is 24.1 Å². The van der Waals surface area contributed by atoms with Crippen LogP contribution in [-0.4, -0.2) is 37.1 Å². The summed E-state index contributed by atoms with van der Waals surface area (Å²) in [6, 6.07) is 6.21. The van der Waals surface area contributed by atoms with Crippen LogP contribution in [0.3, 0.4) is 0 Å². The number of amides is 1. The molecule has 1 amide bonds. The number of sulfonamides is 1. The Kier molecular flexibility index (Phi) is 6.47. The Morgan fingerprint density at radius 2 is 1.89 bits per heavy atom. The van der Waals surface area contributed by atoms with Crippen molar-refractivity contribution in [2.45, 2.75) is 69.9 Å². The zero-order valence-electron chi connectivity index (χ0n) is 17.3. The SMILES string of the molecule is CC(C)(C)OC(=O)N1CC(CCC#Cc2ccc(S(N)(=O)=O)cc2)CC1(C)C. The Labute approximate surface area is 168 Å². The van der Waals surface area contributed by atoms with Gasteiger partial charge in [0.15, 0.2) is 0 Å². The summed E-state index contributed by atoms with van der Waals surface area (Å²) in [6.45, 7) is 10.4. The van der Waals surface area contributed by atoms with Crippen molar-refractivity contribution in [3.63, 3.8) is 0 Å². The molecule has 154 valence electrons. The quantitative estimate of drug-likeness (QED) is 0.778. The van der Waals surface area contributed by atoms with Crippen LogP contribution in [0.2, 0.25) is 0 Å². The molecule has 0 spiro atoms. The number of rotatable bonds is 3.